The van der Waals surface area contributed by atoms with Crippen LogP contribution in [-0.4, -0.2) is 42.0 Å². The molecule has 1 aromatic rings. The zero-order valence-corrected chi connectivity index (χ0v) is 12.9. The summed E-state index contributed by atoms with van der Waals surface area (Å²) >= 11 is 0. The quantitative estimate of drug-likeness (QED) is 0.857. The van der Waals surface area contributed by atoms with Crippen LogP contribution in [0.2, 0.25) is 0 Å². The Labute approximate surface area is 127 Å². The van der Waals surface area contributed by atoms with E-state index in [1.807, 2.05) is 6.07 Å². The maximum atomic E-state index is 9.36. The Hall–Kier alpha value is -1.31. The van der Waals surface area contributed by atoms with Crippen LogP contribution in [0.1, 0.15) is 38.4 Å². The van der Waals surface area contributed by atoms with Gasteiger partial charge in [0.25, 0.3) is 0 Å². The molecule has 1 atom stereocenters. The molecule has 3 rings (SSSR count). The molecular formula is C17H25N3O. The average molecular weight is 287 g/mol. The molecule has 0 aliphatic carbocycles. The monoisotopic (exact) mass is 287 g/mol. The van der Waals surface area contributed by atoms with Crippen LogP contribution in [0.5, 0.6) is 0 Å². The molecule has 114 valence electrons. The normalized spacial score (nSPS) is 29.3. The molecule has 0 N–H and O–H groups in total. The van der Waals surface area contributed by atoms with Crippen molar-refractivity contribution < 1.29 is 4.42 Å². The average Bonchev–Trinajstić information content (AvgIpc) is 3.01. The zero-order chi connectivity index (χ0) is 14.7. The Morgan fingerprint density at radius 3 is 2.86 bits per heavy atom. The predicted molar refractivity (Wildman–Crippen MR) is 81.5 cm³/mol. The Balaban J connectivity index is 1.50. The van der Waals surface area contributed by atoms with Crippen molar-refractivity contribution in [3.8, 4) is 6.07 Å². The van der Waals surface area contributed by atoms with Gasteiger partial charge in [0, 0.05) is 25.7 Å². The molecular weight excluding hydrogens is 262 g/mol. The molecule has 0 aromatic carbocycles. The molecule has 0 spiro atoms. The zero-order valence-electron chi connectivity index (χ0n) is 12.9. The van der Waals surface area contributed by atoms with Crippen LogP contribution < -0.4 is 0 Å². The van der Waals surface area contributed by atoms with E-state index in [1.54, 1.807) is 6.26 Å². The van der Waals surface area contributed by atoms with Crippen LogP contribution in [0.3, 0.4) is 0 Å². The Morgan fingerprint density at radius 1 is 1.38 bits per heavy atom. The molecule has 2 aliphatic rings. The van der Waals surface area contributed by atoms with Gasteiger partial charge in [-0.1, -0.05) is 0 Å². The minimum absolute atomic E-state index is 0.135. The van der Waals surface area contributed by atoms with Gasteiger partial charge in [-0.15, -0.1) is 0 Å². The highest BCUT2D eigenvalue weighted by atomic mass is 16.3. The summed E-state index contributed by atoms with van der Waals surface area (Å²) in [5, 5.41) is 9.36. The highest BCUT2D eigenvalue weighted by molar-refractivity contribution is 5.02. The Morgan fingerprint density at radius 2 is 2.19 bits per heavy atom. The van der Waals surface area contributed by atoms with Crippen molar-refractivity contribution in [1.29, 1.82) is 5.26 Å². The fraction of sp³-hybridized carbons (Fsp3) is 0.706. The number of furan rings is 1. The summed E-state index contributed by atoms with van der Waals surface area (Å²) in [7, 11) is 0. The second-order valence-corrected chi connectivity index (χ2v) is 6.83. The van der Waals surface area contributed by atoms with Crippen molar-refractivity contribution in [2.24, 2.45) is 5.41 Å². The molecule has 2 saturated heterocycles. The van der Waals surface area contributed by atoms with Gasteiger partial charge < -0.3 is 4.42 Å². The second-order valence-electron chi connectivity index (χ2n) is 6.83. The molecule has 0 bridgehead atoms. The summed E-state index contributed by atoms with van der Waals surface area (Å²) in [5.74, 6) is 1.06. The number of nitrogens with zero attached hydrogens (tertiary/aromatic N) is 3. The minimum atomic E-state index is -0.135. The fourth-order valence-corrected chi connectivity index (χ4v) is 3.75. The van der Waals surface area contributed by atoms with Crippen LogP contribution in [0.4, 0.5) is 0 Å². The molecule has 4 nitrogen and oxygen atoms in total. The molecule has 0 saturated carbocycles. The van der Waals surface area contributed by atoms with Crippen LogP contribution in [0.25, 0.3) is 0 Å². The summed E-state index contributed by atoms with van der Waals surface area (Å²) in [6.07, 6.45) is 6.39. The van der Waals surface area contributed by atoms with Crippen LogP contribution in [-0.2, 0) is 6.54 Å². The summed E-state index contributed by atoms with van der Waals surface area (Å²) in [6.45, 7) is 7.42. The van der Waals surface area contributed by atoms with E-state index in [4.69, 9.17) is 4.42 Å². The van der Waals surface area contributed by atoms with Gasteiger partial charge in [-0.3, -0.25) is 9.80 Å². The van der Waals surface area contributed by atoms with Crippen LogP contribution in [0.15, 0.2) is 22.8 Å². The highest BCUT2D eigenvalue weighted by Crippen LogP contribution is 2.31. The van der Waals surface area contributed by atoms with Gasteiger partial charge >= 0.3 is 0 Å². The largest absolute Gasteiger partial charge is 0.468 e. The highest BCUT2D eigenvalue weighted by Gasteiger charge is 2.35. The first kappa shape index (κ1) is 14.6. The molecule has 4 heteroatoms. The maximum Gasteiger partial charge on any atom is 0.117 e. The third-order valence-electron chi connectivity index (χ3n) is 5.03. The summed E-state index contributed by atoms with van der Waals surface area (Å²) in [6, 6.07) is 7.19. The van der Waals surface area contributed by atoms with Gasteiger partial charge in [0.15, 0.2) is 0 Å². The second kappa shape index (κ2) is 6.21. The van der Waals surface area contributed by atoms with Crippen molar-refractivity contribution in [3.05, 3.63) is 24.2 Å². The van der Waals surface area contributed by atoms with Crippen molar-refractivity contribution in [2.75, 3.05) is 26.2 Å². The van der Waals surface area contributed by atoms with E-state index in [0.29, 0.717) is 6.04 Å². The third-order valence-corrected chi connectivity index (χ3v) is 5.03. The lowest BCUT2D eigenvalue weighted by Crippen LogP contribution is -2.50. The first-order chi connectivity index (χ1) is 10.2. The Kier molecular flexibility index (Phi) is 4.32. The van der Waals surface area contributed by atoms with E-state index < -0.39 is 0 Å². The fourth-order valence-electron chi connectivity index (χ4n) is 3.75. The van der Waals surface area contributed by atoms with E-state index >= 15 is 0 Å². The molecule has 2 aliphatic heterocycles. The van der Waals surface area contributed by atoms with Gasteiger partial charge in [-0.05, 0) is 51.3 Å². The van der Waals surface area contributed by atoms with E-state index in [-0.39, 0.29) is 5.41 Å². The van der Waals surface area contributed by atoms with Gasteiger partial charge in [-0.25, -0.2) is 0 Å². The van der Waals surface area contributed by atoms with E-state index in [9.17, 15) is 5.26 Å². The first-order valence-corrected chi connectivity index (χ1v) is 8.09. The van der Waals surface area contributed by atoms with Crippen LogP contribution >= 0.6 is 0 Å². The summed E-state index contributed by atoms with van der Waals surface area (Å²) in [5.41, 5.74) is -0.135. The lowest BCUT2D eigenvalue weighted by atomic mass is 9.82. The van der Waals surface area contributed by atoms with Crippen LogP contribution in [0, 0.1) is 16.7 Å². The Bertz CT molecular complexity index is 485. The van der Waals surface area contributed by atoms with Gasteiger partial charge in [0.2, 0.25) is 0 Å². The molecule has 1 unspecified atom stereocenters. The van der Waals surface area contributed by atoms with Crippen molar-refractivity contribution in [2.45, 2.75) is 45.2 Å². The van der Waals surface area contributed by atoms with E-state index in [1.165, 1.54) is 19.4 Å². The lowest BCUT2D eigenvalue weighted by Gasteiger charge is -2.43. The van der Waals surface area contributed by atoms with E-state index in [2.05, 4.69) is 28.9 Å². The summed E-state index contributed by atoms with van der Waals surface area (Å²) in [4.78, 5) is 5.04. The third kappa shape index (κ3) is 3.48. The number of hydrogen-bond donors (Lipinski definition) is 0. The number of nitriles is 1. The SMILES string of the molecule is CC1(C#N)CCCN(C2CCN(Cc3ccco3)CC2)C1. The van der Waals surface area contributed by atoms with E-state index in [0.717, 1.165) is 44.8 Å². The van der Waals surface area contributed by atoms with Gasteiger partial charge in [0.05, 0.1) is 24.3 Å². The lowest BCUT2D eigenvalue weighted by molar-refractivity contribution is 0.0534. The molecule has 0 amide bonds. The molecule has 1 aromatic heterocycles. The first-order valence-electron chi connectivity index (χ1n) is 8.09. The smallest absolute Gasteiger partial charge is 0.117 e. The standard InChI is InChI=1S/C17H25N3O/c1-17(13-18)7-3-8-20(14-17)15-5-9-19(10-6-15)12-16-4-2-11-21-16/h2,4,11,15H,3,5-10,12,14H2,1H3. The molecule has 2 fully saturated rings. The maximum absolute atomic E-state index is 9.36. The van der Waals surface area contributed by atoms with Gasteiger partial charge in [0.1, 0.15) is 5.76 Å². The number of piperidine rings is 2. The number of rotatable bonds is 3. The molecule has 3 heterocycles. The molecule has 21 heavy (non-hydrogen) atoms. The topological polar surface area (TPSA) is 43.4 Å². The summed E-state index contributed by atoms with van der Waals surface area (Å²) < 4.78 is 5.43. The number of likely N-dealkylation sites (tertiary alicyclic amines) is 2. The van der Waals surface area contributed by atoms with Gasteiger partial charge in [-0.2, -0.15) is 5.26 Å². The predicted octanol–water partition coefficient (Wildman–Crippen LogP) is 2.87. The van der Waals surface area contributed by atoms with Crippen molar-refractivity contribution >= 4 is 0 Å². The van der Waals surface area contributed by atoms with Crippen molar-refractivity contribution in [3.63, 3.8) is 0 Å². The minimum Gasteiger partial charge on any atom is -0.468 e. The molecule has 0 radical (unpaired) electrons. The number of hydrogen-bond acceptors (Lipinski definition) is 4. The van der Waals surface area contributed by atoms with Crippen molar-refractivity contribution in [1.82, 2.24) is 9.80 Å².